The van der Waals surface area contributed by atoms with E-state index in [9.17, 15) is 9.59 Å². The van der Waals surface area contributed by atoms with E-state index >= 15 is 0 Å². The van der Waals surface area contributed by atoms with E-state index in [0.29, 0.717) is 0 Å². The Morgan fingerprint density at radius 2 is 1.27 bits per heavy atom. The molecular formula is C6H9BrN2O2. The van der Waals surface area contributed by atoms with Crippen LogP contribution in [0.25, 0.3) is 0 Å². The molecule has 0 saturated heterocycles. The first-order valence-electron chi connectivity index (χ1n) is 2.90. The molecule has 11 heavy (non-hydrogen) atoms. The van der Waals surface area contributed by atoms with Crippen molar-refractivity contribution in [3.8, 4) is 0 Å². The number of carbonyl (C=O) groups excluding carboxylic acids is 2. The molecule has 0 aromatic heterocycles. The normalized spacial score (nSPS) is 30.0. The lowest BCUT2D eigenvalue weighted by molar-refractivity contribution is -0.123. The molecule has 4 N–H and O–H groups in total. The summed E-state index contributed by atoms with van der Waals surface area (Å²) in [6, 6.07) is -1.70. The topological polar surface area (TPSA) is 86.2 Å². The van der Waals surface area contributed by atoms with Gasteiger partial charge in [0.15, 0.2) is 11.6 Å². The second-order valence-corrected chi connectivity index (χ2v) is 2.19. The van der Waals surface area contributed by atoms with E-state index in [4.69, 9.17) is 11.5 Å². The Labute approximate surface area is 74.4 Å². The number of ketones is 2. The fraction of sp³-hybridized carbons (Fsp3) is 0.333. The average Bonchev–Trinajstić information content (AvgIpc) is 1.93. The summed E-state index contributed by atoms with van der Waals surface area (Å²) in [5.74, 6) is -0.570. The Morgan fingerprint density at radius 3 is 1.55 bits per heavy atom. The number of nitrogens with two attached hydrogens (primary N) is 2. The summed E-state index contributed by atoms with van der Waals surface area (Å²) >= 11 is 0. The van der Waals surface area contributed by atoms with Gasteiger partial charge in [0, 0.05) is 0 Å². The van der Waals surface area contributed by atoms with E-state index in [1.807, 2.05) is 0 Å². The predicted octanol–water partition coefficient (Wildman–Crippen LogP) is -1.07. The van der Waals surface area contributed by atoms with Crippen LogP contribution in [0.5, 0.6) is 0 Å². The molecule has 1 aliphatic rings. The third-order valence-electron chi connectivity index (χ3n) is 1.46. The van der Waals surface area contributed by atoms with Crippen molar-refractivity contribution >= 4 is 28.5 Å². The van der Waals surface area contributed by atoms with E-state index in [2.05, 4.69) is 0 Å². The van der Waals surface area contributed by atoms with Gasteiger partial charge < -0.3 is 11.5 Å². The minimum absolute atomic E-state index is 0. The first-order chi connectivity index (χ1) is 4.63. The highest BCUT2D eigenvalue weighted by atomic mass is 79.9. The Hall–Kier alpha value is -0.520. The molecule has 4 nitrogen and oxygen atoms in total. The van der Waals surface area contributed by atoms with Crippen molar-refractivity contribution in [2.45, 2.75) is 12.1 Å². The van der Waals surface area contributed by atoms with E-state index < -0.39 is 12.1 Å². The van der Waals surface area contributed by atoms with Crippen LogP contribution in [0.4, 0.5) is 0 Å². The predicted molar refractivity (Wildman–Crippen MR) is 45.4 cm³/mol. The molecule has 0 amide bonds. The molecule has 1 rings (SSSR count). The zero-order valence-electron chi connectivity index (χ0n) is 5.69. The number of hydrogen-bond donors (Lipinski definition) is 2. The van der Waals surface area contributed by atoms with Crippen molar-refractivity contribution in [2.75, 3.05) is 0 Å². The van der Waals surface area contributed by atoms with Gasteiger partial charge in [0.1, 0.15) is 0 Å². The molecule has 0 aromatic rings. The molecule has 0 radical (unpaired) electrons. The summed E-state index contributed by atoms with van der Waals surface area (Å²) in [5, 5.41) is 0. The van der Waals surface area contributed by atoms with Crippen LogP contribution in [0.15, 0.2) is 12.2 Å². The molecule has 0 heterocycles. The minimum Gasteiger partial charge on any atom is -0.320 e. The van der Waals surface area contributed by atoms with Gasteiger partial charge in [-0.05, 0) is 12.2 Å². The summed E-state index contributed by atoms with van der Waals surface area (Å²) in [7, 11) is 0. The molecule has 2 atom stereocenters. The second kappa shape index (κ2) is 3.75. The molecule has 0 saturated carbocycles. The van der Waals surface area contributed by atoms with Crippen molar-refractivity contribution < 1.29 is 9.59 Å². The molecule has 0 spiro atoms. The van der Waals surface area contributed by atoms with Crippen molar-refractivity contribution in [1.82, 2.24) is 0 Å². The molecule has 0 aromatic carbocycles. The zero-order chi connectivity index (χ0) is 7.72. The molecule has 5 heteroatoms. The molecule has 0 bridgehead atoms. The first kappa shape index (κ1) is 10.5. The lowest BCUT2D eigenvalue weighted by Gasteiger charge is -2.17. The standard InChI is InChI=1S/C6H8N2O2.BrH/c7-5-3(9)1-2-4(10)6(5)8;/h1-2,5-6H,7-8H2;1H. The quantitative estimate of drug-likeness (QED) is 0.545. The molecule has 62 valence electrons. The van der Waals surface area contributed by atoms with Crippen LogP contribution in [0.2, 0.25) is 0 Å². The van der Waals surface area contributed by atoms with Crippen LogP contribution in [-0.2, 0) is 9.59 Å². The van der Waals surface area contributed by atoms with Crippen LogP contribution in [-0.4, -0.2) is 23.7 Å². The van der Waals surface area contributed by atoms with Gasteiger partial charge in [0.05, 0.1) is 12.1 Å². The summed E-state index contributed by atoms with van der Waals surface area (Å²) in [5.41, 5.74) is 10.5. The number of hydrogen-bond acceptors (Lipinski definition) is 4. The fourth-order valence-electron chi connectivity index (χ4n) is 0.740. The Balaban J connectivity index is 0.000001000. The van der Waals surface area contributed by atoms with Gasteiger partial charge in [-0.25, -0.2) is 0 Å². The summed E-state index contributed by atoms with van der Waals surface area (Å²) < 4.78 is 0. The van der Waals surface area contributed by atoms with Crippen molar-refractivity contribution in [3.63, 3.8) is 0 Å². The summed E-state index contributed by atoms with van der Waals surface area (Å²) in [6.45, 7) is 0. The van der Waals surface area contributed by atoms with Gasteiger partial charge in [-0.3, -0.25) is 9.59 Å². The average molecular weight is 221 g/mol. The van der Waals surface area contributed by atoms with Gasteiger partial charge in [0.25, 0.3) is 0 Å². The van der Waals surface area contributed by atoms with Gasteiger partial charge in [-0.15, -0.1) is 17.0 Å². The lowest BCUT2D eigenvalue weighted by Crippen LogP contribution is -2.52. The SMILES string of the molecule is Br.NC1C(=O)C=CC(=O)C1N. The third kappa shape index (κ3) is 1.95. The molecule has 0 aliphatic heterocycles. The number of halogens is 1. The van der Waals surface area contributed by atoms with Crippen LogP contribution < -0.4 is 11.5 Å². The Kier molecular flexibility index (Phi) is 3.57. The van der Waals surface area contributed by atoms with Gasteiger partial charge >= 0.3 is 0 Å². The van der Waals surface area contributed by atoms with Crippen LogP contribution in [0.3, 0.4) is 0 Å². The highest BCUT2D eigenvalue weighted by molar-refractivity contribution is 8.93. The van der Waals surface area contributed by atoms with Crippen LogP contribution in [0.1, 0.15) is 0 Å². The number of rotatable bonds is 0. The molecular weight excluding hydrogens is 212 g/mol. The largest absolute Gasteiger partial charge is 0.320 e. The minimum atomic E-state index is -0.850. The molecule has 2 unspecified atom stereocenters. The van der Waals surface area contributed by atoms with Gasteiger partial charge in [-0.2, -0.15) is 0 Å². The van der Waals surface area contributed by atoms with E-state index in [1.54, 1.807) is 0 Å². The van der Waals surface area contributed by atoms with Crippen molar-refractivity contribution in [1.29, 1.82) is 0 Å². The van der Waals surface area contributed by atoms with Crippen molar-refractivity contribution in [3.05, 3.63) is 12.2 Å². The van der Waals surface area contributed by atoms with Crippen LogP contribution in [0, 0.1) is 0 Å². The highest BCUT2D eigenvalue weighted by Crippen LogP contribution is 2.00. The maximum Gasteiger partial charge on any atom is 0.174 e. The van der Waals surface area contributed by atoms with Gasteiger partial charge in [-0.1, -0.05) is 0 Å². The van der Waals surface area contributed by atoms with E-state index in [1.165, 1.54) is 0 Å². The van der Waals surface area contributed by atoms with Gasteiger partial charge in [0.2, 0.25) is 0 Å². The lowest BCUT2D eigenvalue weighted by atomic mass is 9.95. The maximum atomic E-state index is 10.7. The van der Waals surface area contributed by atoms with E-state index in [0.717, 1.165) is 12.2 Å². The summed E-state index contributed by atoms with van der Waals surface area (Å²) in [6.07, 6.45) is 2.33. The highest BCUT2D eigenvalue weighted by Gasteiger charge is 2.27. The zero-order valence-corrected chi connectivity index (χ0v) is 7.40. The molecule has 1 aliphatic carbocycles. The maximum absolute atomic E-state index is 10.7. The Morgan fingerprint density at radius 1 is 1.00 bits per heavy atom. The number of carbonyl (C=O) groups is 2. The second-order valence-electron chi connectivity index (χ2n) is 2.19. The third-order valence-corrected chi connectivity index (χ3v) is 1.46. The molecule has 0 fully saturated rings. The smallest absolute Gasteiger partial charge is 0.174 e. The van der Waals surface area contributed by atoms with E-state index in [-0.39, 0.29) is 28.5 Å². The fourth-order valence-corrected chi connectivity index (χ4v) is 0.740. The van der Waals surface area contributed by atoms with Crippen molar-refractivity contribution in [2.24, 2.45) is 11.5 Å². The first-order valence-corrected chi connectivity index (χ1v) is 2.90. The van der Waals surface area contributed by atoms with Crippen LogP contribution >= 0.6 is 17.0 Å². The monoisotopic (exact) mass is 220 g/mol. The summed E-state index contributed by atoms with van der Waals surface area (Å²) in [4.78, 5) is 21.4. The Bertz CT molecular complexity index is 193.